The Hall–Kier alpha value is -1.19. The lowest BCUT2D eigenvalue weighted by molar-refractivity contribution is 0.631. The van der Waals surface area contributed by atoms with Crippen molar-refractivity contribution in [1.29, 1.82) is 0 Å². The van der Waals surface area contributed by atoms with Gasteiger partial charge in [0.25, 0.3) is 0 Å². The van der Waals surface area contributed by atoms with Crippen LogP contribution >= 0.6 is 23.2 Å². The van der Waals surface area contributed by atoms with E-state index < -0.39 is 5.82 Å². The van der Waals surface area contributed by atoms with Gasteiger partial charge in [-0.3, -0.25) is 0 Å². The monoisotopic (exact) mass is 242 g/mol. The summed E-state index contributed by atoms with van der Waals surface area (Å²) in [6.45, 7) is 0. The van der Waals surface area contributed by atoms with Gasteiger partial charge in [0.05, 0.1) is 10.0 Å². The molecule has 1 aromatic carbocycles. The molecule has 0 saturated carbocycles. The highest BCUT2D eigenvalue weighted by molar-refractivity contribution is 6.35. The van der Waals surface area contributed by atoms with E-state index in [1.54, 1.807) is 0 Å². The minimum absolute atomic E-state index is 0.0262. The number of nitrogens with zero attached hydrogens (tertiary/aromatic N) is 2. The second-order valence-electron chi connectivity index (χ2n) is 2.85. The molecule has 0 aliphatic heterocycles. The molecule has 5 heteroatoms. The predicted molar refractivity (Wildman–Crippen MR) is 57.4 cm³/mol. The highest BCUT2D eigenvalue weighted by Gasteiger charge is 2.13. The summed E-state index contributed by atoms with van der Waals surface area (Å²) in [6, 6.07) is 2.95. The van der Waals surface area contributed by atoms with Crippen LogP contribution in [0.2, 0.25) is 10.0 Å². The molecule has 2 nitrogen and oxygen atoms in total. The van der Waals surface area contributed by atoms with Crippen molar-refractivity contribution in [2.24, 2.45) is 0 Å². The summed E-state index contributed by atoms with van der Waals surface area (Å²) in [5, 5.41) is 0.310. The number of aromatic nitrogens is 2. The maximum Gasteiger partial charge on any atom is 0.151 e. The third-order valence-corrected chi connectivity index (χ3v) is 2.50. The lowest BCUT2D eigenvalue weighted by Gasteiger charge is -2.05. The molecular formula is C10H5Cl2FN2. The van der Waals surface area contributed by atoms with Crippen molar-refractivity contribution in [3.8, 4) is 11.1 Å². The highest BCUT2D eigenvalue weighted by Crippen LogP contribution is 2.33. The Bertz CT molecular complexity index is 488. The fourth-order valence-corrected chi connectivity index (χ4v) is 1.63. The maximum atomic E-state index is 13.7. The van der Waals surface area contributed by atoms with Gasteiger partial charge in [-0.2, -0.15) is 0 Å². The van der Waals surface area contributed by atoms with Crippen LogP contribution in [0.3, 0.4) is 0 Å². The van der Waals surface area contributed by atoms with E-state index in [9.17, 15) is 4.39 Å². The average molecular weight is 243 g/mol. The molecule has 0 fully saturated rings. The molecule has 2 aromatic rings. The van der Waals surface area contributed by atoms with E-state index in [0.29, 0.717) is 5.56 Å². The first-order chi connectivity index (χ1) is 7.20. The number of benzene rings is 1. The van der Waals surface area contributed by atoms with Crippen LogP contribution in [0.4, 0.5) is 4.39 Å². The summed E-state index contributed by atoms with van der Waals surface area (Å²) in [6.07, 6.45) is 4.32. The van der Waals surface area contributed by atoms with Crippen LogP contribution in [-0.2, 0) is 0 Å². The normalized spacial score (nSPS) is 10.3. The third kappa shape index (κ3) is 1.94. The van der Waals surface area contributed by atoms with Gasteiger partial charge in [-0.15, -0.1) is 0 Å². The van der Waals surface area contributed by atoms with Gasteiger partial charge in [0.15, 0.2) is 5.82 Å². The van der Waals surface area contributed by atoms with Crippen molar-refractivity contribution in [3.05, 3.63) is 46.7 Å². The highest BCUT2D eigenvalue weighted by atomic mass is 35.5. The molecule has 0 spiro atoms. The van der Waals surface area contributed by atoms with Gasteiger partial charge in [0.1, 0.15) is 6.33 Å². The van der Waals surface area contributed by atoms with Crippen molar-refractivity contribution >= 4 is 23.2 Å². The van der Waals surface area contributed by atoms with E-state index in [0.717, 1.165) is 0 Å². The first-order valence-electron chi connectivity index (χ1n) is 4.09. The van der Waals surface area contributed by atoms with E-state index in [1.807, 2.05) is 0 Å². The fourth-order valence-electron chi connectivity index (χ4n) is 1.22. The van der Waals surface area contributed by atoms with Crippen molar-refractivity contribution in [2.75, 3.05) is 0 Å². The largest absolute Gasteiger partial charge is 0.244 e. The minimum Gasteiger partial charge on any atom is -0.244 e. The van der Waals surface area contributed by atoms with Crippen LogP contribution in [-0.4, -0.2) is 9.97 Å². The van der Waals surface area contributed by atoms with Crippen LogP contribution < -0.4 is 0 Å². The standard InChI is InChI=1S/C10H5Cl2FN2/c11-7-1-2-8(12)10(13)9(7)6-3-14-5-15-4-6/h1-5H. The summed E-state index contributed by atoms with van der Waals surface area (Å²) >= 11 is 11.5. The number of hydrogen-bond donors (Lipinski definition) is 0. The van der Waals surface area contributed by atoms with E-state index in [2.05, 4.69) is 9.97 Å². The van der Waals surface area contributed by atoms with Gasteiger partial charge in [0, 0.05) is 23.5 Å². The fraction of sp³-hybridized carbons (Fsp3) is 0. The van der Waals surface area contributed by atoms with Crippen molar-refractivity contribution < 1.29 is 4.39 Å². The van der Waals surface area contributed by atoms with Crippen molar-refractivity contribution in [2.45, 2.75) is 0 Å². The van der Waals surface area contributed by atoms with Gasteiger partial charge >= 0.3 is 0 Å². The molecule has 0 bridgehead atoms. The van der Waals surface area contributed by atoms with Crippen LogP contribution in [0.1, 0.15) is 0 Å². The first-order valence-corrected chi connectivity index (χ1v) is 4.84. The quantitative estimate of drug-likeness (QED) is 0.715. The molecule has 0 aliphatic rings. The van der Waals surface area contributed by atoms with Gasteiger partial charge in [-0.05, 0) is 12.1 Å². The number of hydrogen-bond acceptors (Lipinski definition) is 2. The summed E-state index contributed by atoms with van der Waals surface area (Å²) in [5.41, 5.74) is 0.729. The van der Waals surface area contributed by atoms with Gasteiger partial charge < -0.3 is 0 Å². The zero-order valence-electron chi connectivity index (χ0n) is 7.42. The minimum atomic E-state index is -0.557. The van der Waals surface area contributed by atoms with Crippen LogP contribution in [0.5, 0.6) is 0 Å². The zero-order valence-corrected chi connectivity index (χ0v) is 8.93. The zero-order chi connectivity index (χ0) is 10.8. The van der Waals surface area contributed by atoms with E-state index in [1.165, 1.54) is 30.9 Å². The molecule has 0 saturated heterocycles. The Morgan fingerprint density at radius 3 is 2.27 bits per heavy atom. The molecule has 0 unspecified atom stereocenters. The topological polar surface area (TPSA) is 25.8 Å². The van der Waals surface area contributed by atoms with Crippen molar-refractivity contribution in [3.63, 3.8) is 0 Å². The molecular weight excluding hydrogens is 238 g/mol. The lowest BCUT2D eigenvalue weighted by atomic mass is 10.1. The summed E-state index contributed by atoms with van der Waals surface area (Å²) in [4.78, 5) is 7.59. The molecule has 0 radical (unpaired) electrons. The van der Waals surface area contributed by atoms with E-state index >= 15 is 0 Å². The summed E-state index contributed by atoms with van der Waals surface area (Å²) in [5.74, 6) is -0.557. The average Bonchev–Trinajstić information content (AvgIpc) is 2.26. The Labute approximate surface area is 95.7 Å². The molecule has 0 aliphatic carbocycles. The van der Waals surface area contributed by atoms with E-state index in [4.69, 9.17) is 23.2 Å². The molecule has 15 heavy (non-hydrogen) atoms. The van der Waals surface area contributed by atoms with Gasteiger partial charge in [-0.25, -0.2) is 14.4 Å². The second kappa shape index (κ2) is 4.13. The van der Waals surface area contributed by atoms with E-state index in [-0.39, 0.29) is 15.6 Å². The Kier molecular flexibility index (Phi) is 2.84. The van der Waals surface area contributed by atoms with Crippen LogP contribution in [0, 0.1) is 5.82 Å². The molecule has 1 heterocycles. The maximum absolute atomic E-state index is 13.7. The Balaban J connectivity index is 2.68. The van der Waals surface area contributed by atoms with Gasteiger partial charge in [0.2, 0.25) is 0 Å². The van der Waals surface area contributed by atoms with Gasteiger partial charge in [-0.1, -0.05) is 23.2 Å². The predicted octanol–water partition coefficient (Wildman–Crippen LogP) is 3.59. The summed E-state index contributed by atoms with van der Waals surface area (Å²) in [7, 11) is 0. The first kappa shape index (κ1) is 10.3. The molecule has 1 aromatic heterocycles. The molecule has 2 rings (SSSR count). The van der Waals surface area contributed by atoms with Crippen molar-refractivity contribution in [1.82, 2.24) is 9.97 Å². The molecule has 0 amide bonds. The summed E-state index contributed by atoms with van der Waals surface area (Å²) < 4.78 is 13.7. The number of rotatable bonds is 1. The SMILES string of the molecule is Fc1c(Cl)ccc(Cl)c1-c1cncnc1. The second-order valence-corrected chi connectivity index (χ2v) is 3.66. The Morgan fingerprint density at radius 1 is 1.00 bits per heavy atom. The molecule has 0 N–H and O–H groups in total. The van der Waals surface area contributed by atoms with Crippen LogP contribution in [0.15, 0.2) is 30.9 Å². The molecule has 0 atom stereocenters. The third-order valence-electron chi connectivity index (χ3n) is 1.89. The Morgan fingerprint density at radius 2 is 1.60 bits per heavy atom. The van der Waals surface area contributed by atoms with Crippen LogP contribution in [0.25, 0.3) is 11.1 Å². The lowest BCUT2D eigenvalue weighted by Crippen LogP contribution is -1.89. The smallest absolute Gasteiger partial charge is 0.151 e. The molecule has 76 valence electrons. The number of halogens is 3.